The minimum atomic E-state index is -4.59. The van der Waals surface area contributed by atoms with Crippen LogP contribution in [0.5, 0.6) is 0 Å². The summed E-state index contributed by atoms with van der Waals surface area (Å²) in [5.74, 6) is -0.460. The van der Waals surface area contributed by atoms with Gasteiger partial charge in [-0.3, -0.25) is 0 Å². The molecule has 6 aromatic carbocycles. The van der Waals surface area contributed by atoms with E-state index >= 15 is 0 Å². The lowest BCUT2D eigenvalue weighted by Gasteiger charge is -2.26. The van der Waals surface area contributed by atoms with Crippen LogP contribution in [-0.4, -0.2) is 4.57 Å². The Morgan fingerprint density at radius 2 is 1.02 bits per heavy atom. The van der Waals surface area contributed by atoms with Crippen LogP contribution in [0.3, 0.4) is 0 Å². The predicted molar refractivity (Wildman–Crippen MR) is 188 cm³/mol. The Hall–Kier alpha value is -5.60. The second-order valence-electron chi connectivity index (χ2n) is 12.9. The fourth-order valence-electron chi connectivity index (χ4n) is 8.14. The molecule has 7 aromatic rings. The van der Waals surface area contributed by atoms with Crippen LogP contribution >= 0.6 is 0 Å². The van der Waals surface area contributed by atoms with Crippen LogP contribution in [0, 0.1) is 39.0 Å². The van der Waals surface area contributed by atoms with Gasteiger partial charge in [0, 0.05) is 16.7 Å². The highest BCUT2D eigenvalue weighted by Crippen LogP contribution is 2.54. The molecule has 0 saturated carbocycles. The maximum Gasteiger partial charge on any atom is 0.417 e. The number of nitrogens with zero attached hydrogens (tertiary/aromatic N) is 2. The van der Waals surface area contributed by atoms with Crippen LogP contribution in [0.4, 0.5) is 13.2 Å². The lowest BCUT2D eigenvalue weighted by atomic mass is 9.78. The van der Waals surface area contributed by atoms with E-state index in [4.69, 9.17) is 0 Å². The third-order valence-corrected chi connectivity index (χ3v) is 10.1. The van der Waals surface area contributed by atoms with Crippen molar-refractivity contribution in [3.63, 3.8) is 0 Å². The van der Waals surface area contributed by atoms with Gasteiger partial charge in [0.15, 0.2) is 0 Å². The SMILES string of the molecule is Cc1cccc2c1C(c1c(-c3ccccc3C(F)(F)F)ccc(-n3c4c(C)cccc4c4cccc(C)c43)c1C#N)c1c(C)cccc1-2. The Labute approximate surface area is 277 Å². The summed E-state index contributed by atoms with van der Waals surface area (Å²) in [4.78, 5) is 0. The molecule has 8 rings (SSSR count). The summed E-state index contributed by atoms with van der Waals surface area (Å²) in [5, 5.41) is 13.4. The van der Waals surface area contributed by atoms with Gasteiger partial charge >= 0.3 is 6.18 Å². The second kappa shape index (κ2) is 10.7. The van der Waals surface area contributed by atoms with Crippen LogP contribution in [0.15, 0.2) is 109 Å². The Kier molecular flexibility index (Phi) is 6.65. The highest BCUT2D eigenvalue weighted by atomic mass is 19.4. The summed E-state index contributed by atoms with van der Waals surface area (Å²) < 4.78 is 46.3. The molecule has 234 valence electrons. The van der Waals surface area contributed by atoms with Crippen LogP contribution in [0.2, 0.25) is 0 Å². The molecule has 2 nitrogen and oxygen atoms in total. The number of alkyl halides is 3. The van der Waals surface area contributed by atoms with E-state index in [9.17, 15) is 18.4 Å². The van der Waals surface area contributed by atoms with E-state index in [1.165, 1.54) is 12.1 Å². The van der Waals surface area contributed by atoms with Gasteiger partial charge in [-0.15, -0.1) is 0 Å². The van der Waals surface area contributed by atoms with Crippen molar-refractivity contribution in [2.24, 2.45) is 0 Å². The van der Waals surface area contributed by atoms with Gasteiger partial charge in [0.05, 0.1) is 27.8 Å². The van der Waals surface area contributed by atoms with E-state index in [-0.39, 0.29) is 5.56 Å². The summed E-state index contributed by atoms with van der Waals surface area (Å²) in [6.45, 7) is 8.21. The van der Waals surface area contributed by atoms with Gasteiger partial charge in [-0.1, -0.05) is 97.1 Å². The Bertz CT molecular complexity index is 2400. The first-order valence-corrected chi connectivity index (χ1v) is 16.0. The van der Waals surface area contributed by atoms with E-state index in [1.54, 1.807) is 12.1 Å². The van der Waals surface area contributed by atoms with E-state index < -0.39 is 17.7 Å². The van der Waals surface area contributed by atoms with Gasteiger partial charge in [-0.2, -0.15) is 18.4 Å². The molecule has 0 fully saturated rings. The average molecular weight is 633 g/mol. The summed E-state index contributed by atoms with van der Waals surface area (Å²) in [7, 11) is 0. The molecular formula is C43H31F3N2. The standard InChI is InChI=1S/C43H31F3N2/c1-24-11-7-16-29-30-17-8-12-25(2)38(30)40(37(24)29)39-31(28-15-5-6-20-35(28)43(44,45)46)21-22-36(34(39)23-47)48-41-26(3)13-9-18-32(41)33-19-10-14-27(4)42(33)48/h5-22,40H,1-4H3. The number of benzene rings is 6. The largest absolute Gasteiger partial charge is 0.417 e. The van der Waals surface area contributed by atoms with E-state index in [0.717, 1.165) is 72.4 Å². The maximum absolute atomic E-state index is 14.7. The van der Waals surface area contributed by atoms with Gasteiger partial charge in [0.2, 0.25) is 0 Å². The van der Waals surface area contributed by atoms with Crippen LogP contribution in [0.25, 0.3) is 49.7 Å². The molecule has 0 bridgehead atoms. The predicted octanol–water partition coefficient (Wildman–Crippen LogP) is 11.7. The minimum Gasteiger partial charge on any atom is -0.307 e. The van der Waals surface area contributed by atoms with Crippen LogP contribution in [0.1, 0.15) is 56.0 Å². The number of para-hydroxylation sites is 2. The molecule has 1 heterocycles. The first-order valence-electron chi connectivity index (χ1n) is 16.0. The zero-order chi connectivity index (χ0) is 33.5. The lowest BCUT2D eigenvalue weighted by molar-refractivity contribution is -0.137. The van der Waals surface area contributed by atoms with E-state index in [0.29, 0.717) is 22.4 Å². The summed E-state index contributed by atoms with van der Waals surface area (Å²) in [6.07, 6.45) is -4.59. The minimum absolute atomic E-state index is 0.0646. The highest BCUT2D eigenvalue weighted by Gasteiger charge is 2.39. The number of aromatic nitrogens is 1. The molecule has 5 heteroatoms. The third kappa shape index (κ3) is 4.19. The second-order valence-corrected chi connectivity index (χ2v) is 12.9. The van der Waals surface area contributed by atoms with Crippen molar-refractivity contribution in [2.75, 3.05) is 0 Å². The highest BCUT2D eigenvalue weighted by molar-refractivity contribution is 6.11. The Balaban J connectivity index is 1.58. The van der Waals surface area contributed by atoms with Crippen molar-refractivity contribution in [1.82, 2.24) is 4.57 Å². The molecule has 1 aromatic heterocycles. The summed E-state index contributed by atoms with van der Waals surface area (Å²) >= 11 is 0. The zero-order valence-electron chi connectivity index (χ0n) is 27.0. The molecule has 0 unspecified atom stereocenters. The molecule has 0 atom stereocenters. The van der Waals surface area contributed by atoms with Crippen molar-refractivity contribution in [2.45, 2.75) is 39.8 Å². The van der Waals surface area contributed by atoms with Gasteiger partial charge < -0.3 is 4.57 Å². The van der Waals surface area contributed by atoms with Gasteiger partial charge in [-0.05, 0) is 101 Å². The Morgan fingerprint density at radius 3 is 1.56 bits per heavy atom. The first kappa shape index (κ1) is 29.8. The molecular weight excluding hydrogens is 601 g/mol. The summed E-state index contributed by atoms with van der Waals surface area (Å²) in [5.41, 5.74) is 11.6. The number of fused-ring (bicyclic) bond motifs is 6. The third-order valence-electron chi connectivity index (χ3n) is 10.1. The molecule has 0 radical (unpaired) electrons. The van der Waals surface area contributed by atoms with Gasteiger partial charge in [0.25, 0.3) is 0 Å². The number of aryl methyl sites for hydroxylation is 4. The van der Waals surface area contributed by atoms with Crippen molar-refractivity contribution < 1.29 is 13.2 Å². The fraction of sp³-hybridized carbons (Fsp3) is 0.140. The molecule has 1 aliphatic carbocycles. The fourth-order valence-corrected chi connectivity index (χ4v) is 8.14. The van der Waals surface area contributed by atoms with Crippen LogP contribution < -0.4 is 0 Å². The number of halogens is 3. The zero-order valence-corrected chi connectivity index (χ0v) is 27.0. The molecule has 0 aliphatic heterocycles. The number of hydrogen-bond acceptors (Lipinski definition) is 1. The molecule has 0 amide bonds. The smallest absolute Gasteiger partial charge is 0.307 e. The number of hydrogen-bond donors (Lipinski definition) is 0. The van der Waals surface area contributed by atoms with Gasteiger partial charge in [0.1, 0.15) is 6.07 Å². The van der Waals surface area contributed by atoms with Crippen molar-refractivity contribution in [1.29, 1.82) is 5.26 Å². The molecule has 48 heavy (non-hydrogen) atoms. The Morgan fingerprint density at radius 1 is 0.542 bits per heavy atom. The average Bonchev–Trinajstić information content (AvgIpc) is 3.60. The molecule has 0 N–H and O–H groups in total. The van der Waals surface area contributed by atoms with E-state index in [2.05, 4.69) is 60.9 Å². The number of nitriles is 1. The first-order chi connectivity index (χ1) is 23.1. The molecule has 1 aliphatic rings. The topological polar surface area (TPSA) is 28.7 Å². The van der Waals surface area contributed by atoms with Crippen molar-refractivity contribution in [3.8, 4) is 34.0 Å². The number of rotatable bonds is 3. The lowest BCUT2D eigenvalue weighted by Crippen LogP contribution is -2.13. The van der Waals surface area contributed by atoms with Crippen molar-refractivity contribution >= 4 is 21.8 Å². The maximum atomic E-state index is 14.7. The van der Waals surface area contributed by atoms with Crippen molar-refractivity contribution in [3.05, 3.63) is 159 Å². The van der Waals surface area contributed by atoms with Gasteiger partial charge in [-0.25, -0.2) is 0 Å². The quantitative estimate of drug-likeness (QED) is 0.191. The monoisotopic (exact) mass is 632 g/mol. The van der Waals surface area contributed by atoms with Crippen LogP contribution in [-0.2, 0) is 6.18 Å². The molecule has 0 saturated heterocycles. The normalized spacial score (nSPS) is 12.8. The van der Waals surface area contributed by atoms with E-state index in [1.807, 2.05) is 56.3 Å². The molecule has 0 spiro atoms. The summed E-state index contributed by atoms with van der Waals surface area (Å²) in [6, 6.07) is 36.6.